The van der Waals surface area contributed by atoms with Crippen LogP contribution in [0.4, 0.5) is 5.69 Å². The Morgan fingerprint density at radius 3 is 2.41 bits per heavy atom. The quantitative estimate of drug-likeness (QED) is 0.622. The van der Waals surface area contributed by atoms with Crippen molar-refractivity contribution in [1.82, 2.24) is 15.0 Å². The number of anilines is 1. The third-order valence-corrected chi connectivity index (χ3v) is 4.48. The Morgan fingerprint density at radius 1 is 1.03 bits per heavy atom. The zero-order valence-corrected chi connectivity index (χ0v) is 15.6. The van der Waals surface area contributed by atoms with Gasteiger partial charge in [0.1, 0.15) is 5.70 Å². The molecule has 0 bridgehead atoms. The number of hydrogen-bond donors (Lipinski definition) is 2. The Balaban J connectivity index is 1.48. The molecule has 0 atom stereocenters. The minimum absolute atomic E-state index is 0.0290. The number of aliphatic hydroxyl groups is 1. The van der Waals surface area contributed by atoms with Crippen molar-refractivity contribution in [1.29, 1.82) is 0 Å². The molecule has 0 spiro atoms. The molecule has 0 saturated carbocycles. The second kappa shape index (κ2) is 7.69. The van der Waals surface area contributed by atoms with Crippen LogP contribution in [0.1, 0.15) is 5.56 Å². The zero-order chi connectivity index (χ0) is 20.4. The number of β-amino-alcohol motifs (C(OH)–C–C–N with tert-alkyl or cyclic N) is 1. The molecule has 0 unspecified atom stereocenters. The summed E-state index contributed by atoms with van der Waals surface area (Å²) in [5, 5.41) is 15.9. The van der Waals surface area contributed by atoms with Crippen molar-refractivity contribution in [3.63, 3.8) is 0 Å². The van der Waals surface area contributed by atoms with Gasteiger partial charge < -0.3 is 14.9 Å². The Morgan fingerprint density at radius 2 is 1.72 bits per heavy atom. The first-order valence-electron chi connectivity index (χ1n) is 9.02. The molecule has 146 valence electrons. The highest BCUT2D eigenvalue weighted by atomic mass is 16.5. The normalized spacial score (nSPS) is 13.7. The summed E-state index contributed by atoms with van der Waals surface area (Å²) in [7, 11) is 0. The highest BCUT2D eigenvalue weighted by Gasteiger charge is 2.30. The Kier molecular flexibility index (Phi) is 4.92. The molecule has 2 heterocycles. The van der Waals surface area contributed by atoms with Gasteiger partial charge in [0.25, 0.3) is 17.7 Å². The van der Waals surface area contributed by atoms with E-state index in [1.165, 1.54) is 6.08 Å². The van der Waals surface area contributed by atoms with Crippen LogP contribution in [0, 0.1) is 6.92 Å². The number of carbonyl (C=O) groups is 2. The Hall–Kier alpha value is -3.78. The van der Waals surface area contributed by atoms with Gasteiger partial charge in [-0.3, -0.25) is 14.5 Å². The van der Waals surface area contributed by atoms with E-state index in [1.807, 2.05) is 31.2 Å². The second-order valence-electron chi connectivity index (χ2n) is 6.57. The summed E-state index contributed by atoms with van der Waals surface area (Å²) >= 11 is 0. The van der Waals surface area contributed by atoms with Gasteiger partial charge in [0, 0.05) is 22.9 Å². The minimum Gasteiger partial charge on any atom is -0.395 e. The second-order valence-corrected chi connectivity index (χ2v) is 6.57. The molecule has 8 nitrogen and oxygen atoms in total. The van der Waals surface area contributed by atoms with E-state index in [0.29, 0.717) is 17.4 Å². The summed E-state index contributed by atoms with van der Waals surface area (Å²) in [6, 6.07) is 14.9. The van der Waals surface area contributed by atoms with Crippen LogP contribution in [-0.2, 0) is 9.59 Å². The van der Waals surface area contributed by atoms with Crippen LogP contribution in [0.3, 0.4) is 0 Å². The van der Waals surface area contributed by atoms with Gasteiger partial charge in [-0.15, -0.1) is 0 Å². The Bertz CT molecular complexity index is 1080. The van der Waals surface area contributed by atoms with Crippen molar-refractivity contribution in [2.24, 2.45) is 0 Å². The molecule has 0 radical (unpaired) electrons. The van der Waals surface area contributed by atoms with E-state index in [2.05, 4.69) is 15.5 Å². The van der Waals surface area contributed by atoms with Gasteiger partial charge in [-0.1, -0.05) is 35.0 Å². The fourth-order valence-electron chi connectivity index (χ4n) is 2.92. The first kappa shape index (κ1) is 18.6. The summed E-state index contributed by atoms with van der Waals surface area (Å²) in [4.78, 5) is 29.4. The van der Waals surface area contributed by atoms with Crippen LogP contribution in [0.2, 0.25) is 0 Å². The van der Waals surface area contributed by atoms with Crippen LogP contribution in [0.5, 0.6) is 0 Å². The van der Waals surface area contributed by atoms with Gasteiger partial charge in [0.2, 0.25) is 5.82 Å². The monoisotopic (exact) mass is 390 g/mol. The highest BCUT2D eigenvalue weighted by molar-refractivity contribution is 6.17. The van der Waals surface area contributed by atoms with Gasteiger partial charge in [-0.2, -0.15) is 4.98 Å². The molecular weight excluding hydrogens is 372 g/mol. The minimum atomic E-state index is -0.465. The number of benzene rings is 2. The standard InChI is InChI=1S/C21H18N4O4/c1-13-2-4-14(5-3-13)19-23-20(29-24-19)15-6-8-16(9-7-15)22-17-12-18(27)25(10-11-26)21(17)28/h2-9,12,22,26H,10-11H2,1H3. The lowest BCUT2D eigenvalue weighted by Gasteiger charge is -2.13. The van der Waals surface area contributed by atoms with E-state index >= 15 is 0 Å². The predicted molar refractivity (Wildman–Crippen MR) is 105 cm³/mol. The topological polar surface area (TPSA) is 109 Å². The maximum Gasteiger partial charge on any atom is 0.277 e. The summed E-state index contributed by atoms with van der Waals surface area (Å²) in [6.07, 6.45) is 1.22. The van der Waals surface area contributed by atoms with Crippen LogP contribution >= 0.6 is 0 Å². The summed E-state index contributed by atoms with van der Waals surface area (Å²) in [5.74, 6) is -0.0237. The molecular formula is C21H18N4O4. The van der Waals surface area contributed by atoms with E-state index in [1.54, 1.807) is 24.3 Å². The van der Waals surface area contributed by atoms with Crippen LogP contribution < -0.4 is 5.32 Å². The average Bonchev–Trinajstić information content (AvgIpc) is 3.31. The molecule has 2 amide bonds. The molecule has 29 heavy (non-hydrogen) atoms. The largest absolute Gasteiger partial charge is 0.395 e. The smallest absolute Gasteiger partial charge is 0.277 e. The van der Waals surface area contributed by atoms with Gasteiger partial charge in [-0.05, 0) is 31.2 Å². The van der Waals surface area contributed by atoms with E-state index in [0.717, 1.165) is 21.6 Å². The van der Waals surface area contributed by atoms with Crippen molar-refractivity contribution in [3.05, 3.63) is 65.9 Å². The van der Waals surface area contributed by atoms with Gasteiger partial charge in [0.15, 0.2) is 0 Å². The third-order valence-electron chi connectivity index (χ3n) is 4.48. The number of aryl methyl sites for hydroxylation is 1. The van der Waals surface area contributed by atoms with E-state index < -0.39 is 11.8 Å². The molecule has 0 aliphatic carbocycles. The molecule has 0 saturated heterocycles. The number of hydrogen-bond acceptors (Lipinski definition) is 7. The predicted octanol–water partition coefficient (Wildman–Crippen LogP) is 2.37. The summed E-state index contributed by atoms with van der Waals surface area (Å²) in [5.41, 5.74) is 3.54. The number of carbonyl (C=O) groups excluding carboxylic acids is 2. The van der Waals surface area contributed by atoms with Gasteiger partial charge in [0.05, 0.1) is 13.2 Å². The van der Waals surface area contributed by atoms with E-state index in [9.17, 15) is 9.59 Å². The first-order chi connectivity index (χ1) is 14.0. The van der Waals surface area contributed by atoms with Gasteiger partial charge in [-0.25, -0.2) is 0 Å². The average molecular weight is 390 g/mol. The summed E-state index contributed by atoms with van der Waals surface area (Å²) < 4.78 is 5.36. The van der Waals surface area contributed by atoms with Gasteiger partial charge >= 0.3 is 0 Å². The highest BCUT2D eigenvalue weighted by Crippen LogP contribution is 2.25. The van der Waals surface area contributed by atoms with E-state index in [4.69, 9.17) is 9.63 Å². The summed E-state index contributed by atoms with van der Waals surface area (Å²) in [6.45, 7) is 1.71. The SMILES string of the molecule is Cc1ccc(-c2noc(-c3ccc(NC4=CC(=O)N(CCO)C4=O)cc3)n2)cc1. The lowest BCUT2D eigenvalue weighted by molar-refractivity contribution is -0.137. The number of aliphatic hydroxyl groups excluding tert-OH is 1. The van der Waals surface area contributed by atoms with Crippen LogP contribution in [0.25, 0.3) is 22.8 Å². The molecule has 1 aliphatic heterocycles. The fraction of sp³-hybridized carbons (Fsp3) is 0.143. The van der Waals surface area contributed by atoms with Crippen molar-refractivity contribution in [3.8, 4) is 22.8 Å². The molecule has 2 aromatic carbocycles. The Labute approximate surface area is 166 Å². The third kappa shape index (κ3) is 3.78. The maximum absolute atomic E-state index is 12.2. The van der Waals surface area contributed by atoms with Crippen molar-refractivity contribution < 1.29 is 19.2 Å². The number of amides is 2. The van der Waals surface area contributed by atoms with E-state index in [-0.39, 0.29) is 18.8 Å². The molecule has 3 aromatic rings. The maximum atomic E-state index is 12.2. The lowest BCUT2D eigenvalue weighted by atomic mass is 10.1. The zero-order valence-electron chi connectivity index (χ0n) is 15.6. The molecule has 2 N–H and O–H groups in total. The van der Waals surface area contributed by atoms with Crippen LogP contribution in [0.15, 0.2) is 64.8 Å². The first-order valence-corrected chi connectivity index (χ1v) is 9.02. The molecule has 1 aliphatic rings. The lowest BCUT2D eigenvalue weighted by Crippen LogP contribution is -2.34. The molecule has 0 fully saturated rings. The molecule has 1 aromatic heterocycles. The number of rotatable bonds is 6. The van der Waals surface area contributed by atoms with Crippen molar-refractivity contribution >= 4 is 17.5 Å². The number of nitrogens with one attached hydrogen (secondary N) is 1. The number of aromatic nitrogens is 2. The molecule has 8 heteroatoms. The number of nitrogens with zero attached hydrogens (tertiary/aromatic N) is 3. The van der Waals surface area contributed by atoms with Crippen LogP contribution in [-0.4, -0.2) is 45.1 Å². The number of imide groups is 1. The van der Waals surface area contributed by atoms with Crippen molar-refractivity contribution in [2.45, 2.75) is 6.92 Å². The fourth-order valence-corrected chi connectivity index (χ4v) is 2.92. The van der Waals surface area contributed by atoms with Crippen molar-refractivity contribution in [2.75, 3.05) is 18.5 Å². The molecule has 4 rings (SSSR count).